The zero-order valence-electron chi connectivity index (χ0n) is 10.3. The minimum Gasteiger partial charge on any atom is -0.480 e. The lowest BCUT2D eigenvalue weighted by atomic mass is 9.77. The molecule has 0 aliphatic heterocycles. The average molecular weight is 243 g/mol. The lowest BCUT2D eigenvalue weighted by Gasteiger charge is -2.38. The molecule has 1 amide bonds. The fourth-order valence-corrected chi connectivity index (χ4v) is 1.84. The second-order valence-electron chi connectivity index (χ2n) is 4.55. The van der Waals surface area contributed by atoms with Crippen LogP contribution in [0, 0.1) is 0 Å². The van der Waals surface area contributed by atoms with E-state index >= 15 is 0 Å². The van der Waals surface area contributed by atoms with Gasteiger partial charge in [-0.3, -0.25) is 4.79 Å². The Kier molecular flexibility index (Phi) is 5.41. The summed E-state index contributed by atoms with van der Waals surface area (Å²) in [6.45, 7) is 2.61. The Bertz CT molecular complexity index is 274. The maximum Gasteiger partial charge on any atom is 0.329 e. The van der Waals surface area contributed by atoms with E-state index < -0.39 is 11.5 Å². The third kappa shape index (κ3) is 4.00. The molecular formula is C12H21NO4. The van der Waals surface area contributed by atoms with Crippen LogP contribution in [-0.2, 0) is 14.3 Å². The summed E-state index contributed by atoms with van der Waals surface area (Å²) in [7, 11) is 0. The molecule has 17 heavy (non-hydrogen) atoms. The number of carbonyl (C=O) groups is 2. The number of hydrogen-bond acceptors (Lipinski definition) is 3. The summed E-state index contributed by atoms with van der Waals surface area (Å²) < 4.78 is 5.19. The van der Waals surface area contributed by atoms with Crippen LogP contribution in [-0.4, -0.2) is 35.7 Å². The maximum absolute atomic E-state index is 11.5. The number of nitrogens with one attached hydrogen (secondary N) is 1. The topological polar surface area (TPSA) is 75.6 Å². The Hall–Kier alpha value is -1.10. The summed E-state index contributed by atoms with van der Waals surface area (Å²) in [5, 5.41) is 11.6. The predicted octanol–water partition coefficient (Wildman–Crippen LogP) is 1.32. The van der Waals surface area contributed by atoms with Crippen LogP contribution in [0.5, 0.6) is 0 Å². The van der Waals surface area contributed by atoms with Crippen molar-refractivity contribution in [3.8, 4) is 0 Å². The molecule has 5 heteroatoms. The van der Waals surface area contributed by atoms with Crippen LogP contribution in [0.25, 0.3) is 0 Å². The van der Waals surface area contributed by atoms with E-state index in [1.165, 1.54) is 0 Å². The lowest BCUT2D eigenvalue weighted by Crippen LogP contribution is -2.59. The molecule has 0 unspecified atom stereocenters. The van der Waals surface area contributed by atoms with Crippen molar-refractivity contribution in [1.29, 1.82) is 0 Å². The molecule has 1 aliphatic rings. The van der Waals surface area contributed by atoms with Crippen molar-refractivity contribution in [1.82, 2.24) is 5.32 Å². The molecule has 1 fully saturated rings. The highest BCUT2D eigenvalue weighted by Crippen LogP contribution is 2.31. The number of carbonyl (C=O) groups excluding carboxylic acids is 1. The highest BCUT2D eigenvalue weighted by Gasteiger charge is 2.45. The third-order valence-corrected chi connectivity index (χ3v) is 3.12. The van der Waals surface area contributed by atoms with Crippen molar-refractivity contribution in [2.45, 2.75) is 51.0 Å². The zero-order valence-corrected chi connectivity index (χ0v) is 10.3. The Morgan fingerprint density at radius 2 is 2.06 bits per heavy atom. The number of ether oxygens (including phenoxy) is 1. The van der Waals surface area contributed by atoms with E-state index in [0.717, 1.165) is 25.7 Å². The van der Waals surface area contributed by atoms with E-state index in [-0.39, 0.29) is 12.5 Å². The summed E-state index contributed by atoms with van der Waals surface area (Å²) in [6, 6.07) is 0. The molecular weight excluding hydrogens is 222 g/mol. The van der Waals surface area contributed by atoms with Crippen molar-refractivity contribution < 1.29 is 19.4 Å². The van der Waals surface area contributed by atoms with Gasteiger partial charge in [-0.25, -0.2) is 4.79 Å². The normalized spacial score (nSPS) is 17.2. The van der Waals surface area contributed by atoms with Crippen LogP contribution in [0.15, 0.2) is 0 Å². The van der Waals surface area contributed by atoms with Crippen LogP contribution in [0.4, 0.5) is 0 Å². The minimum absolute atomic E-state index is 0.0429. The number of hydrogen-bond donors (Lipinski definition) is 2. The van der Waals surface area contributed by atoms with E-state index in [1.54, 1.807) is 0 Å². The largest absolute Gasteiger partial charge is 0.480 e. The first-order valence-electron chi connectivity index (χ1n) is 6.23. The summed E-state index contributed by atoms with van der Waals surface area (Å²) in [6.07, 6.45) is 5.02. The highest BCUT2D eigenvalue weighted by atomic mass is 16.5. The predicted molar refractivity (Wildman–Crippen MR) is 62.7 cm³/mol. The first-order valence-corrected chi connectivity index (χ1v) is 6.23. The fourth-order valence-electron chi connectivity index (χ4n) is 1.84. The number of amides is 1. The molecule has 1 saturated carbocycles. The monoisotopic (exact) mass is 243 g/mol. The Morgan fingerprint density at radius 1 is 1.35 bits per heavy atom. The van der Waals surface area contributed by atoms with Gasteiger partial charge in [0.05, 0.1) is 0 Å². The summed E-state index contributed by atoms with van der Waals surface area (Å²) in [5.74, 6) is -1.27. The van der Waals surface area contributed by atoms with Crippen LogP contribution < -0.4 is 5.32 Å². The smallest absolute Gasteiger partial charge is 0.329 e. The van der Waals surface area contributed by atoms with Gasteiger partial charge in [0.1, 0.15) is 12.1 Å². The molecule has 0 bridgehead atoms. The van der Waals surface area contributed by atoms with Gasteiger partial charge in [-0.1, -0.05) is 19.8 Å². The molecule has 0 radical (unpaired) electrons. The number of carboxylic acid groups (broad SMARTS) is 1. The van der Waals surface area contributed by atoms with E-state index in [4.69, 9.17) is 9.84 Å². The van der Waals surface area contributed by atoms with Gasteiger partial charge in [0.15, 0.2) is 0 Å². The van der Waals surface area contributed by atoms with Gasteiger partial charge in [0.25, 0.3) is 0 Å². The van der Waals surface area contributed by atoms with Crippen molar-refractivity contribution >= 4 is 11.9 Å². The molecule has 0 saturated heterocycles. The summed E-state index contributed by atoms with van der Waals surface area (Å²) in [5.41, 5.74) is -1.02. The number of rotatable bonds is 8. The van der Waals surface area contributed by atoms with Crippen LogP contribution in [0.1, 0.15) is 45.4 Å². The van der Waals surface area contributed by atoms with Gasteiger partial charge in [-0.15, -0.1) is 0 Å². The number of aliphatic carboxylic acids is 1. The third-order valence-electron chi connectivity index (χ3n) is 3.12. The Morgan fingerprint density at radius 3 is 2.53 bits per heavy atom. The van der Waals surface area contributed by atoms with E-state index in [1.807, 2.05) is 0 Å². The highest BCUT2D eigenvalue weighted by molar-refractivity contribution is 5.88. The molecule has 0 spiro atoms. The zero-order chi connectivity index (χ0) is 12.7. The van der Waals surface area contributed by atoms with Crippen molar-refractivity contribution in [3.63, 3.8) is 0 Å². The van der Waals surface area contributed by atoms with Crippen LogP contribution in [0.2, 0.25) is 0 Å². The van der Waals surface area contributed by atoms with Crippen molar-refractivity contribution in [3.05, 3.63) is 0 Å². The molecule has 1 rings (SSSR count). The fraction of sp³-hybridized carbons (Fsp3) is 0.833. The van der Waals surface area contributed by atoms with Gasteiger partial charge in [-0.05, 0) is 25.7 Å². The van der Waals surface area contributed by atoms with E-state index in [9.17, 15) is 9.59 Å². The maximum atomic E-state index is 11.5. The molecule has 0 aromatic carbocycles. The van der Waals surface area contributed by atoms with Gasteiger partial charge in [0.2, 0.25) is 5.91 Å². The summed E-state index contributed by atoms with van der Waals surface area (Å²) in [4.78, 5) is 22.5. The SMILES string of the molecule is CCCCCOCC(=O)NC1(C(=O)O)CCC1. The molecule has 0 atom stereocenters. The Balaban J connectivity index is 2.18. The molecule has 2 N–H and O–H groups in total. The Labute approximate surface area is 102 Å². The first kappa shape index (κ1) is 14.0. The van der Waals surface area contributed by atoms with Gasteiger partial charge in [0, 0.05) is 6.61 Å². The second kappa shape index (κ2) is 6.59. The minimum atomic E-state index is -1.02. The van der Waals surface area contributed by atoms with Gasteiger partial charge in [-0.2, -0.15) is 0 Å². The second-order valence-corrected chi connectivity index (χ2v) is 4.55. The number of unbranched alkanes of at least 4 members (excludes halogenated alkanes) is 2. The van der Waals surface area contributed by atoms with Gasteiger partial charge < -0.3 is 15.2 Å². The lowest BCUT2D eigenvalue weighted by molar-refractivity contribution is -0.152. The average Bonchev–Trinajstić information content (AvgIpc) is 2.22. The van der Waals surface area contributed by atoms with E-state index in [2.05, 4.69) is 12.2 Å². The van der Waals surface area contributed by atoms with Gasteiger partial charge >= 0.3 is 5.97 Å². The summed E-state index contributed by atoms with van der Waals surface area (Å²) >= 11 is 0. The first-order chi connectivity index (χ1) is 8.10. The molecule has 1 aliphatic carbocycles. The van der Waals surface area contributed by atoms with Crippen molar-refractivity contribution in [2.24, 2.45) is 0 Å². The molecule has 0 heterocycles. The number of carboxylic acids is 1. The van der Waals surface area contributed by atoms with Crippen LogP contribution >= 0.6 is 0 Å². The van der Waals surface area contributed by atoms with E-state index in [0.29, 0.717) is 19.4 Å². The quantitative estimate of drug-likeness (QED) is 0.630. The van der Waals surface area contributed by atoms with Crippen LogP contribution in [0.3, 0.4) is 0 Å². The molecule has 5 nitrogen and oxygen atoms in total. The standard InChI is InChI=1S/C12H21NO4/c1-2-3-4-8-17-9-10(14)13-12(11(15)16)6-5-7-12/h2-9H2,1H3,(H,13,14)(H,15,16). The molecule has 0 aromatic heterocycles. The van der Waals surface area contributed by atoms with Crippen molar-refractivity contribution in [2.75, 3.05) is 13.2 Å². The molecule has 0 aromatic rings. The molecule has 98 valence electrons.